The molecule has 0 amide bonds. The van der Waals surface area contributed by atoms with E-state index >= 15 is 0 Å². The van der Waals surface area contributed by atoms with Gasteiger partial charge in [0.1, 0.15) is 5.82 Å². The molecule has 5 nitrogen and oxygen atoms in total. The third-order valence-corrected chi connectivity index (χ3v) is 6.04. The third-order valence-electron chi connectivity index (χ3n) is 5.37. The van der Waals surface area contributed by atoms with Crippen molar-refractivity contribution in [1.82, 2.24) is 9.97 Å². The van der Waals surface area contributed by atoms with E-state index in [-0.39, 0.29) is 0 Å². The molecule has 4 rings (SSSR count). The van der Waals surface area contributed by atoms with Crippen molar-refractivity contribution in [2.45, 2.75) is 12.8 Å². The number of ether oxygens (including phenoxy) is 1. The molecule has 1 aromatic heterocycles. The second-order valence-electron chi connectivity index (χ2n) is 7.95. The van der Waals surface area contributed by atoms with Gasteiger partial charge in [0.05, 0.1) is 5.52 Å². The summed E-state index contributed by atoms with van der Waals surface area (Å²) >= 11 is 2.32. The Morgan fingerprint density at radius 1 is 0.853 bits per heavy atom. The Labute approximate surface area is 214 Å². The van der Waals surface area contributed by atoms with E-state index in [1.807, 2.05) is 18.2 Å². The fourth-order valence-corrected chi connectivity index (χ4v) is 4.08. The average Bonchev–Trinajstić information content (AvgIpc) is 2.88. The number of benzene rings is 3. The Bertz CT molecular complexity index is 1230. The Hall–Kier alpha value is -2.81. The number of fused-ring (bicyclic) bond motifs is 1. The lowest BCUT2D eigenvalue weighted by atomic mass is 10.0. The maximum Gasteiger partial charge on any atom is 0.154 e. The molecule has 34 heavy (non-hydrogen) atoms. The summed E-state index contributed by atoms with van der Waals surface area (Å²) in [6.07, 6.45) is 5.82. The van der Waals surface area contributed by atoms with E-state index in [9.17, 15) is 0 Å². The highest BCUT2D eigenvalue weighted by atomic mass is 127. The normalized spacial score (nSPS) is 11.4. The second kappa shape index (κ2) is 12.6. The lowest BCUT2D eigenvalue weighted by molar-refractivity contribution is 0.133. The first-order valence-corrected chi connectivity index (χ1v) is 12.6. The van der Waals surface area contributed by atoms with Crippen LogP contribution in [0.3, 0.4) is 0 Å². The predicted molar refractivity (Wildman–Crippen MR) is 151 cm³/mol. The lowest BCUT2D eigenvalue weighted by Crippen LogP contribution is -2.10. The third kappa shape index (κ3) is 6.85. The van der Waals surface area contributed by atoms with Crippen LogP contribution in [0, 0.1) is 3.57 Å². The summed E-state index contributed by atoms with van der Waals surface area (Å²) in [7, 11) is 0. The van der Waals surface area contributed by atoms with Crippen LogP contribution in [-0.2, 0) is 4.74 Å². The molecule has 4 aromatic rings. The smallest absolute Gasteiger partial charge is 0.154 e. The van der Waals surface area contributed by atoms with Gasteiger partial charge in [-0.05, 0) is 82.9 Å². The van der Waals surface area contributed by atoms with Crippen molar-refractivity contribution >= 4 is 51.5 Å². The van der Waals surface area contributed by atoms with Crippen LogP contribution in [0.15, 0.2) is 72.8 Å². The van der Waals surface area contributed by atoms with Gasteiger partial charge in [-0.25, -0.2) is 9.97 Å². The highest BCUT2D eigenvalue weighted by Crippen LogP contribution is 2.24. The zero-order chi connectivity index (χ0) is 23.6. The molecule has 0 fully saturated rings. The molecule has 0 spiro atoms. The van der Waals surface area contributed by atoms with Crippen LogP contribution in [0.25, 0.3) is 34.2 Å². The van der Waals surface area contributed by atoms with Crippen molar-refractivity contribution in [3.05, 3.63) is 87.8 Å². The van der Waals surface area contributed by atoms with Crippen LogP contribution in [0.4, 0.5) is 5.82 Å². The van der Waals surface area contributed by atoms with E-state index in [0.717, 1.165) is 45.2 Å². The van der Waals surface area contributed by atoms with Gasteiger partial charge >= 0.3 is 0 Å². The van der Waals surface area contributed by atoms with Gasteiger partial charge in [-0.1, -0.05) is 60.7 Å². The first-order chi connectivity index (χ1) is 16.7. The Morgan fingerprint density at radius 2 is 1.62 bits per heavy atom. The molecule has 0 aliphatic heterocycles. The summed E-state index contributed by atoms with van der Waals surface area (Å²) in [5.41, 5.74) is 9.95. The van der Waals surface area contributed by atoms with Crippen molar-refractivity contribution in [1.29, 1.82) is 0 Å². The van der Waals surface area contributed by atoms with Gasteiger partial charge in [-0.15, -0.1) is 0 Å². The van der Waals surface area contributed by atoms with E-state index in [1.165, 1.54) is 11.1 Å². The minimum absolute atomic E-state index is 0.664. The van der Waals surface area contributed by atoms with Crippen LogP contribution < -0.4 is 11.1 Å². The Morgan fingerprint density at radius 3 is 2.41 bits per heavy atom. The fourth-order valence-electron chi connectivity index (χ4n) is 3.58. The quantitative estimate of drug-likeness (QED) is 0.167. The van der Waals surface area contributed by atoms with Crippen LogP contribution in [0.1, 0.15) is 24.2 Å². The van der Waals surface area contributed by atoms with Gasteiger partial charge in [0.25, 0.3) is 0 Å². The molecule has 0 aliphatic rings. The Kier molecular flexibility index (Phi) is 9.01. The number of nitrogens with two attached hydrogens (primary N) is 1. The van der Waals surface area contributed by atoms with Gasteiger partial charge in [-0.3, -0.25) is 0 Å². The highest BCUT2D eigenvalue weighted by molar-refractivity contribution is 14.1. The molecule has 3 aromatic carbocycles. The number of rotatable bonds is 11. The zero-order valence-corrected chi connectivity index (χ0v) is 21.2. The van der Waals surface area contributed by atoms with Gasteiger partial charge in [0, 0.05) is 28.7 Å². The van der Waals surface area contributed by atoms with Crippen molar-refractivity contribution in [3.63, 3.8) is 0 Å². The molecule has 0 saturated heterocycles. The minimum atomic E-state index is 0.664. The summed E-state index contributed by atoms with van der Waals surface area (Å²) in [5.74, 6) is 1.53. The maximum atomic E-state index is 5.60. The van der Waals surface area contributed by atoms with Crippen molar-refractivity contribution in [2.75, 3.05) is 31.6 Å². The topological polar surface area (TPSA) is 73.1 Å². The molecule has 0 unspecified atom stereocenters. The SMILES string of the molecule is NCCCOCCCNc1nc(/C=C/c2ccc(-c3ccccc3)cc2)nc2ccc(I)cc12. The number of nitrogens with zero attached hydrogens (tertiary/aromatic N) is 2. The summed E-state index contributed by atoms with van der Waals surface area (Å²) < 4.78 is 6.76. The maximum absolute atomic E-state index is 5.60. The fraction of sp³-hybridized carbons (Fsp3) is 0.214. The lowest BCUT2D eigenvalue weighted by Gasteiger charge is -2.10. The molecule has 0 atom stereocenters. The van der Waals surface area contributed by atoms with Crippen molar-refractivity contribution in [2.24, 2.45) is 5.73 Å². The molecule has 0 bridgehead atoms. The van der Waals surface area contributed by atoms with E-state index < -0.39 is 0 Å². The molecule has 174 valence electrons. The molecular formula is C28H29IN4O. The molecule has 0 saturated carbocycles. The highest BCUT2D eigenvalue weighted by Gasteiger charge is 2.07. The van der Waals surface area contributed by atoms with Crippen LogP contribution in [0.2, 0.25) is 0 Å². The number of nitrogens with one attached hydrogen (secondary N) is 1. The van der Waals surface area contributed by atoms with E-state index in [4.69, 9.17) is 20.4 Å². The minimum Gasteiger partial charge on any atom is -0.381 e. The van der Waals surface area contributed by atoms with E-state index in [0.29, 0.717) is 25.6 Å². The number of anilines is 1. The molecule has 1 heterocycles. The Balaban J connectivity index is 1.47. The van der Waals surface area contributed by atoms with E-state index in [1.54, 1.807) is 0 Å². The predicted octanol–water partition coefficient (Wildman–Crippen LogP) is 6.24. The first-order valence-electron chi connectivity index (χ1n) is 11.6. The van der Waals surface area contributed by atoms with Crippen LogP contribution in [-0.4, -0.2) is 36.3 Å². The number of aromatic nitrogens is 2. The standard InChI is InChI=1S/C28H29IN4O/c29-24-13-14-26-25(20-24)28(31-17-5-19-34-18-4-16-30)33-27(32-26)15-10-21-8-11-23(12-9-21)22-6-2-1-3-7-22/h1-3,6-15,20H,4-5,16-19,30H2,(H,31,32,33)/b15-10+. The van der Waals surface area contributed by atoms with E-state index in [2.05, 4.69) is 94.6 Å². The van der Waals surface area contributed by atoms with Gasteiger partial charge in [0.15, 0.2) is 5.82 Å². The molecule has 3 N–H and O–H groups in total. The van der Waals surface area contributed by atoms with Crippen molar-refractivity contribution in [3.8, 4) is 11.1 Å². The van der Waals surface area contributed by atoms with Gasteiger partial charge in [0.2, 0.25) is 0 Å². The van der Waals surface area contributed by atoms with Crippen molar-refractivity contribution < 1.29 is 4.74 Å². The summed E-state index contributed by atoms with van der Waals surface area (Å²) in [6.45, 7) is 2.87. The molecule has 0 aliphatic carbocycles. The molecular weight excluding hydrogens is 535 g/mol. The summed E-state index contributed by atoms with van der Waals surface area (Å²) in [5, 5.41) is 4.51. The molecule has 0 radical (unpaired) electrons. The summed E-state index contributed by atoms with van der Waals surface area (Å²) in [6, 6.07) is 25.1. The summed E-state index contributed by atoms with van der Waals surface area (Å²) in [4.78, 5) is 9.56. The first kappa shape index (κ1) is 24.3. The average molecular weight is 564 g/mol. The zero-order valence-electron chi connectivity index (χ0n) is 19.1. The van der Waals surface area contributed by atoms with Gasteiger partial charge in [-0.2, -0.15) is 0 Å². The number of hydrogen-bond donors (Lipinski definition) is 2. The van der Waals surface area contributed by atoms with Crippen LogP contribution in [0.5, 0.6) is 0 Å². The number of halogens is 1. The van der Waals surface area contributed by atoms with Gasteiger partial charge < -0.3 is 15.8 Å². The monoisotopic (exact) mass is 564 g/mol. The van der Waals surface area contributed by atoms with Crippen LogP contribution >= 0.6 is 22.6 Å². The second-order valence-corrected chi connectivity index (χ2v) is 9.19. The molecule has 6 heteroatoms. The number of hydrogen-bond acceptors (Lipinski definition) is 5. The largest absolute Gasteiger partial charge is 0.381 e.